The Hall–Kier alpha value is -1.94. The fourth-order valence-corrected chi connectivity index (χ4v) is 2.47. The molecular weight excluding hydrogens is 272 g/mol. The van der Waals surface area contributed by atoms with E-state index in [2.05, 4.69) is 0 Å². The molecule has 4 heteroatoms. The molecule has 0 aromatic heterocycles. The second-order valence-corrected chi connectivity index (χ2v) is 5.41. The molecule has 0 fully saturated rings. The van der Waals surface area contributed by atoms with Crippen LogP contribution in [-0.2, 0) is 0 Å². The molecule has 0 saturated heterocycles. The van der Waals surface area contributed by atoms with Crippen molar-refractivity contribution in [2.24, 2.45) is 0 Å². The summed E-state index contributed by atoms with van der Waals surface area (Å²) in [4.78, 5) is 12.5. The Morgan fingerprint density at radius 3 is 2.55 bits per heavy atom. The normalized spacial score (nSPS) is 10.2. The number of ether oxygens (including phenoxy) is 1. The molecule has 2 rings (SSSR count). The number of para-hydroxylation sites is 1. The minimum atomic E-state index is 0.00628. The summed E-state index contributed by atoms with van der Waals surface area (Å²) in [5.74, 6) is 1.68. The SMILES string of the molecule is CC(=O)c1ccccc1OCCSc1ccc(O)cc1. The molecule has 0 heterocycles. The van der Waals surface area contributed by atoms with Gasteiger partial charge in [0.05, 0.1) is 12.2 Å². The van der Waals surface area contributed by atoms with Crippen molar-refractivity contribution in [1.29, 1.82) is 0 Å². The summed E-state index contributed by atoms with van der Waals surface area (Å²) < 4.78 is 5.65. The molecule has 0 atom stereocenters. The van der Waals surface area contributed by atoms with Crippen molar-refractivity contribution in [1.82, 2.24) is 0 Å². The van der Waals surface area contributed by atoms with Gasteiger partial charge in [-0.3, -0.25) is 4.79 Å². The summed E-state index contributed by atoms with van der Waals surface area (Å²) in [6.45, 7) is 2.06. The lowest BCUT2D eigenvalue weighted by Gasteiger charge is -2.09. The zero-order chi connectivity index (χ0) is 14.4. The molecule has 3 nitrogen and oxygen atoms in total. The molecule has 0 aliphatic rings. The van der Waals surface area contributed by atoms with Crippen molar-refractivity contribution in [3.05, 3.63) is 54.1 Å². The summed E-state index contributed by atoms with van der Waals surface area (Å²) >= 11 is 1.64. The smallest absolute Gasteiger partial charge is 0.163 e. The van der Waals surface area contributed by atoms with Crippen LogP contribution in [0.3, 0.4) is 0 Å². The first kappa shape index (κ1) is 14.5. The zero-order valence-electron chi connectivity index (χ0n) is 11.2. The van der Waals surface area contributed by atoms with Crippen LogP contribution in [0.25, 0.3) is 0 Å². The number of benzene rings is 2. The van der Waals surface area contributed by atoms with Gasteiger partial charge >= 0.3 is 0 Å². The fourth-order valence-electron chi connectivity index (χ4n) is 1.74. The third-order valence-corrected chi connectivity index (χ3v) is 3.69. The van der Waals surface area contributed by atoms with E-state index >= 15 is 0 Å². The van der Waals surface area contributed by atoms with Crippen molar-refractivity contribution in [3.8, 4) is 11.5 Å². The lowest BCUT2D eigenvalue weighted by atomic mass is 10.1. The van der Waals surface area contributed by atoms with Crippen LogP contribution in [0.4, 0.5) is 0 Å². The van der Waals surface area contributed by atoms with Gasteiger partial charge in [0, 0.05) is 10.6 Å². The topological polar surface area (TPSA) is 46.5 Å². The Morgan fingerprint density at radius 1 is 1.15 bits per heavy atom. The number of rotatable bonds is 6. The van der Waals surface area contributed by atoms with Crippen molar-refractivity contribution in [3.63, 3.8) is 0 Å². The summed E-state index contributed by atoms with van der Waals surface area (Å²) in [6.07, 6.45) is 0. The predicted octanol–water partition coefficient (Wildman–Crippen LogP) is 3.77. The molecular formula is C16H16O3S. The molecule has 0 aliphatic carbocycles. The summed E-state index contributed by atoms with van der Waals surface area (Å²) in [7, 11) is 0. The van der Waals surface area contributed by atoms with E-state index in [9.17, 15) is 9.90 Å². The van der Waals surface area contributed by atoms with E-state index in [-0.39, 0.29) is 11.5 Å². The molecule has 20 heavy (non-hydrogen) atoms. The van der Waals surface area contributed by atoms with Gasteiger partial charge in [0.1, 0.15) is 11.5 Å². The van der Waals surface area contributed by atoms with Crippen molar-refractivity contribution >= 4 is 17.5 Å². The Balaban J connectivity index is 1.84. The van der Waals surface area contributed by atoms with Crippen molar-refractivity contribution < 1.29 is 14.6 Å². The van der Waals surface area contributed by atoms with Crippen LogP contribution in [0.5, 0.6) is 11.5 Å². The Bertz CT molecular complexity index is 579. The largest absolute Gasteiger partial charge is 0.508 e. The molecule has 0 spiro atoms. The van der Waals surface area contributed by atoms with Crippen LogP contribution in [0.2, 0.25) is 0 Å². The number of carbonyl (C=O) groups excluding carboxylic acids is 1. The summed E-state index contributed by atoms with van der Waals surface area (Å²) in [6, 6.07) is 14.3. The van der Waals surface area contributed by atoms with Crippen LogP contribution in [0, 0.1) is 0 Å². The van der Waals surface area contributed by atoms with E-state index in [1.54, 1.807) is 30.0 Å². The highest BCUT2D eigenvalue weighted by Gasteiger charge is 2.06. The number of phenolic OH excluding ortho intramolecular Hbond substituents is 1. The number of phenols is 1. The molecule has 0 saturated carbocycles. The quantitative estimate of drug-likeness (QED) is 0.499. The highest BCUT2D eigenvalue weighted by atomic mass is 32.2. The van der Waals surface area contributed by atoms with Gasteiger partial charge in [-0.25, -0.2) is 0 Å². The number of carbonyl (C=O) groups is 1. The van der Waals surface area contributed by atoms with E-state index in [0.717, 1.165) is 10.6 Å². The second kappa shape index (κ2) is 7.01. The fraction of sp³-hybridized carbons (Fsp3) is 0.188. The molecule has 0 unspecified atom stereocenters. The lowest BCUT2D eigenvalue weighted by molar-refractivity contribution is 0.101. The maximum absolute atomic E-state index is 11.4. The highest BCUT2D eigenvalue weighted by Crippen LogP contribution is 2.22. The number of hydrogen-bond donors (Lipinski definition) is 1. The monoisotopic (exact) mass is 288 g/mol. The second-order valence-electron chi connectivity index (χ2n) is 4.24. The van der Waals surface area contributed by atoms with E-state index in [0.29, 0.717) is 17.9 Å². The third-order valence-electron chi connectivity index (χ3n) is 2.71. The van der Waals surface area contributed by atoms with Gasteiger partial charge in [0.2, 0.25) is 0 Å². The van der Waals surface area contributed by atoms with Crippen LogP contribution < -0.4 is 4.74 Å². The van der Waals surface area contributed by atoms with Gasteiger partial charge < -0.3 is 9.84 Å². The molecule has 2 aromatic rings. The number of ketones is 1. The highest BCUT2D eigenvalue weighted by molar-refractivity contribution is 7.99. The third kappa shape index (κ3) is 4.03. The Labute approximate surface area is 122 Å². The molecule has 0 amide bonds. The first-order chi connectivity index (χ1) is 9.66. The minimum Gasteiger partial charge on any atom is -0.508 e. The van der Waals surface area contributed by atoms with Crippen LogP contribution in [0.1, 0.15) is 17.3 Å². The number of thioether (sulfide) groups is 1. The lowest BCUT2D eigenvalue weighted by Crippen LogP contribution is -2.04. The van der Waals surface area contributed by atoms with Crippen molar-refractivity contribution in [2.75, 3.05) is 12.4 Å². The van der Waals surface area contributed by atoms with Gasteiger partial charge in [-0.1, -0.05) is 12.1 Å². The summed E-state index contributed by atoms with van der Waals surface area (Å²) in [5.41, 5.74) is 0.613. The first-order valence-corrected chi connectivity index (χ1v) is 7.30. The summed E-state index contributed by atoms with van der Waals surface area (Å²) in [5, 5.41) is 9.19. The molecule has 1 N–H and O–H groups in total. The van der Waals surface area contributed by atoms with Gasteiger partial charge in [0.25, 0.3) is 0 Å². The molecule has 0 radical (unpaired) electrons. The molecule has 0 aliphatic heterocycles. The van der Waals surface area contributed by atoms with E-state index in [1.165, 1.54) is 6.92 Å². The van der Waals surface area contributed by atoms with Crippen LogP contribution in [-0.4, -0.2) is 23.2 Å². The zero-order valence-corrected chi connectivity index (χ0v) is 12.0. The number of aromatic hydroxyl groups is 1. The minimum absolute atomic E-state index is 0.00628. The molecule has 2 aromatic carbocycles. The number of Topliss-reactive ketones (excluding diaryl/α,β-unsaturated/α-hetero) is 1. The molecule has 104 valence electrons. The first-order valence-electron chi connectivity index (χ1n) is 6.31. The van der Waals surface area contributed by atoms with Gasteiger partial charge in [0.15, 0.2) is 5.78 Å². The maximum atomic E-state index is 11.4. The van der Waals surface area contributed by atoms with Gasteiger partial charge in [-0.15, -0.1) is 11.8 Å². The maximum Gasteiger partial charge on any atom is 0.163 e. The van der Waals surface area contributed by atoms with Gasteiger partial charge in [-0.05, 0) is 43.3 Å². The van der Waals surface area contributed by atoms with E-state index in [4.69, 9.17) is 4.74 Å². The number of hydrogen-bond acceptors (Lipinski definition) is 4. The Kier molecular flexibility index (Phi) is 5.07. The van der Waals surface area contributed by atoms with E-state index in [1.807, 2.05) is 30.3 Å². The van der Waals surface area contributed by atoms with Crippen molar-refractivity contribution in [2.45, 2.75) is 11.8 Å². The average molecular weight is 288 g/mol. The standard InChI is InChI=1S/C16H16O3S/c1-12(17)15-4-2-3-5-16(15)19-10-11-20-14-8-6-13(18)7-9-14/h2-9,18H,10-11H2,1H3. The van der Waals surface area contributed by atoms with Gasteiger partial charge in [-0.2, -0.15) is 0 Å². The van der Waals surface area contributed by atoms with Crippen LogP contribution >= 0.6 is 11.8 Å². The van der Waals surface area contributed by atoms with Crippen LogP contribution in [0.15, 0.2) is 53.4 Å². The molecule has 0 bridgehead atoms. The predicted molar refractivity (Wildman–Crippen MR) is 80.8 cm³/mol. The average Bonchev–Trinajstić information content (AvgIpc) is 2.46. The van der Waals surface area contributed by atoms with E-state index < -0.39 is 0 Å². The Morgan fingerprint density at radius 2 is 1.85 bits per heavy atom.